The Morgan fingerprint density at radius 3 is 1.34 bits per heavy atom. The molecule has 5 aromatic rings. The largest absolute Gasteiger partial charge is 0.277 e. The van der Waals surface area contributed by atoms with E-state index in [0.29, 0.717) is 0 Å². The summed E-state index contributed by atoms with van der Waals surface area (Å²) in [7, 11) is 0. The third-order valence-electron chi connectivity index (χ3n) is 5.17. The van der Waals surface area contributed by atoms with Gasteiger partial charge in [-0.3, -0.25) is 5.10 Å². The van der Waals surface area contributed by atoms with Gasteiger partial charge in [0.25, 0.3) is 0 Å². The summed E-state index contributed by atoms with van der Waals surface area (Å²) in [6, 6.07) is 40.1. The Balaban J connectivity index is 1.38. The first-order valence-corrected chi connectivity index (χ1v) is 9.74. The maximum Gasteiger partial charge on any atom is 0.0927 e. The van der Waals surface area contributed by atoms with Crippen LogP contribution in [0.1, 0.15) is 0 Å². The van der Waals surface area contributed by atoms with Crippen molar-refractivity contribution >= 4 is 0 Å². The highest BCUT2D eigenvalue weighted by Gasteiger charge is 2.07. The highest BCUT2D eigenvalue weighted by molar-refractivity contribution is 5.73. The van der Waals surface area contributed by atoms with Gasteiger partial charge in [-0.15, -0.1) is 0 Å². The Kier molecular flexibility index (Phi) is 4.51. The molecule has 0 fully saturated rings. The Morgan fingerprint density at radius 2 is 0.828 bits per heavy atom. The molecule has 138 valence electrons. The molecule has 0 aliphatic carbocycles. The topological polar surface area (TPSA) is 28.7 Å². The molecule has 2 nitrogen and oxygen atoms in total. The zero-order valence-corrected chi connectivity index (χ0v) is 15.9. The van der Waals surface area contributed by atoms with E-state index in [-0.39, 0.29) is 0 Å². The zero-order chi connectivity index (χ0) is 19.5. The molecule has 0 bridgehead atoms. The highest BCUT2D eigenvalue weighted by Crippen LogP contribution is 2.28. The maximum atomic E-state index is 4.52. The number of aromatic nitrogens is 2. The van der Waals surface area contributed by atoms with Crippen molar-refractivity contribution in [3.05, 3.63) is 115 Å². The summed E-state index contributed by atoms with van der Waals surface area (Å²) in [6.45, 7) is 0. The molecule has 29 heavy (non-hydrogen) atoms. The first-order chi connectivity index (χ1) is 14.4. The minimum Gasteiger partial charge on any atom is -0.277 e. The quantitative estimate of drug-likeness (QED) is 0.359. The van der Waals surface area contributed by atoms with Crippen LogP contribution < -0.4 is 0 Å². The van der Waals surface area contributed by atoms with Crippen molar-refractivity contribution in [3.63, 3.8) is 0 Å². The van der Waals surface area contributed by atoms with Gasteiger partial charge in [0.1, 0.15) is 0 Å². The van der Waals surface area contributed by atoms with Crippen LogP contribution in [-0.2, 0) is 0 Å². The van der Waals surface area contributed by atoms with Gasteiger partial charge < -0.3 is 0 Å². The lowest BCUT2D eigenvalue weighted by molar-refractivity contribution is 1.10. The zero-order valence-electron chi connectivity index (χ0n) is 15.9. The molecular weight excluding hydrogens is 352 g/mol. The molecule has 1 heterocycles. The lowest BCUT2D eigenvalue weighted by atomic mass is 10.0. The number of nitrogens with zero attached hydrogens (tertiary/aromatic N) is 1. The Morgan fingerprint density at radius 1 is 0.414 bits per heavy atom. The standard InChI is InChI=1S/C27H20N2/c1-3-7-20(8-4-1)22-11-15-24(16-12-22)26-19-27(29-28-26)25-17-13-23(14-18-25)21-9-5-2-6-10-21/h1-19H,(H,28,29). The molecule has 0 aliphatic heterocycles. The van der Waals surface area contributed by atoms with Gasteiger partial charge in [-0.2, -0.15) is 5.10 Å². The van der Waals surface area contributed by atoms with E-state index in [1.807, 2.05) is 12.1 Å². The second-order valence-electron chi connectivity index (χ2n) is 7.05. The van der Waals surface area contributed by atoms with Crippen LogP contribution >= 0.6 is 0 Å². The maximum absolute atomic E-state index is 4.52. The van der Waals surface area contributed by atoms with E-state index in [4.69, 9.17) is 0 Å². The third kappa shape index (κ3) is 3.61. The van der Waals surface area contributed by atoms with Crippen LogP contribution in [0.25, 0.3) is 44.8 Å². The Bertz CT molecular complexity index is 1110. The fraction of sp³-hybridized carbons (Fsp3) is 0. The number of H-pyrrole nitrogens is 1. The summed E-state index contributed by atoms with van der Waals surface area (Å²) in [5, 5.41) is 7.70. The van der Waals surface area contributed by atoms with E-state index < -0.39 is 0 Å². The van der Waals surface area contributed by atoms with E-state index in [1.54, 1.807) is 0 Å². The summed E-state index contributed by atoms with van der Waals surface area (Å²) in [5.74, 6) is 0. The van der Waals surface area contributed by atoms with Gasteiger partial charge in [0.15, 0.2) is 0 Å². The summed E-state index contributed by atoms with van der Waals surface area (Å²) in [5.41, 5.74) is 9.08. The summed E-state index contributed by atoms with van der Waals surface area (Å²) >= 11 is 0. The minimum atomic E-state index is 0.951. The number of hydrogen-bond acceptors (Lipinski definition) is 1. The average Bonchev–Trinajstić information content (AvgIpc) is 3.31. The molecule has 1 aromatic heterocycles. The van der Waals surface area contributed by atoms with Gasteiger partial charge in [-0.25, -0.2) is 0 Å². The predicted molar refractivity (Wildman–Crippen MR) is 120 cm³/mol. The number of nitrogens with one attached hydrogen (secondary N) is 1. The van der Waals surface area contributed by atoms with E-state index in [2.05, 4.69) is 113 Å². The number of aromatic amines is 1. The Labute approximate surface area is 170 Å². The van der Waals surface area contributed by atoms with Gasteiger partial charge in [0, 0.05) is 5.56 Å². The highest BCUT2D eigenvalue weighted by atomic mass is 15.1. The molecule has 0 atom stereocenters. The smallest absolute Gasteiger partial charge is 0.0927 e. The lowest BCUT2D eigenvalue weighted by Crippen LogP contribution is -1.80. The van der Waals surface area contributed by atoms with E-state index in [1.165, 1.54) is 22.3 Å². The van der Waals surface area contributed by atoms with Gasteiger partial charge in [0.05, 0.1) is 11.4 Å². The molecule has 2 heteroatoms. The molecule has 0 saturated heterocycles. The fourth-order valence-electron chi connectivity index (χ4n) is 3.55. The second-order valence-corrected chi connectivity index (χ2v) is 7.05. The molecule has 0 amide bonds. The van der Waals surface area contributed by atoms with Gasteiger partial charge in [-0.1, -0.05) is 109 Å². The van der Waals surface area contributed by atoms with Crippen LogP contribution in [0.2, 0.25) is 0 Å². The van der Waals surface area contributed by atoms with Gasteiger partial charge in [-0.05, 0) is 33.9 Å². The van der Waals surface area contributed by atoms with Crippen molar-refractivity contribution in [1.82, 2.24) is 10.2 Å². The van der Waals surface area contributed by atoms with Crippen molar-refractivity contribution in [2.45, 2.75) is 0 Å². The lowest BCUT2D eigenvalue weighted by Gasteiger charge is -2.03. The average molecular weight is 372 g/mol. The van der Waals surface area contributed by atoms with Crippen LogP contribution in [-0.4, -0.2) is 10.2 Å². The van der Waals surface area contributed by atoms with E-state index in [0.717, 1.165) is 22.5 Å². The molecule has 0 spiro atoms. The summed E-state index contributed by atoms with van der Waals surface area (Å²) in [4.78, 5) is 0. The first kappa shape index (κ1) is 17.2. The number of hydrogen-bond donors (Lipinski definition) is 1. The minimum absolute atomic E-state index is 0.951. The SMILES string of the molecule is c1ccc(-c2ccc(-c3cc(-c4ccc(-c5ccccc5)cc4)[nH]n3)cc2)cc1. The van der Waals surface area contributed by atoms with Crippen LogP contribution in [0.5, 0.6) is 0 Å². The van der Waals surface area contributed by atoms with Crippen molar-refractivity contribution < 1.29 is 0 Å². The first-order valence-electron chi connectivity index (χ1n) is 9.74. The molecule has 0 radical (unpaired) electrons. The number of rotatable bonds is 4. The molecule has 1 N–H and O–H groups in total. The molecule has 0 saturated carbocycles. The summed E-state index contributed by atoms with van der Waals surface area (Å²) < 4.78 is 0. The molecule has 5 rings (SSSR count). The Hall–Kier alpha value is -3.91. The van der Waals surface area contributed by atoms with Crippen molar-refractivity contribution in [2.75, 3.05) is 0 Å². The fourth-order valence-corrected chi connectivity index (χ4v) is 3.55. The molecular formula is C27H20N2. The van der Waals surface area contributed by atoms with Crippen LogP contribution in [0, 0.1) is 0 Å². The third-order valence-corrected chi connectivity index (χ3v) is 5.17. The number of benzene rings is 4. The second kappa shape index (κ2) is 7.61. The molecule has 0 unspecified atom stereocenters. The van der Waals surface area contributed by atoms with Crippen LogP contribution in [0.4, 0.5) is 0 Å². The molecule has 4 aromatic carbocycles. The van der Waals surface area contributed by atoms with Crippen LogP contribution in [0.15, 0.2) is 115 Å². The normalized spacial score (nSPS) is 10.8. The van der Waals surface area contributed by atoms with Crippen LogP contribution in [0.3, 0.4) is 0 Å². The van der Waals surface area contributed by atoms with Gasteiger partial charge >= 0.3 is 0 Å². The summed E-state index contributed by atoms with van der Waals surface area (Å²) in [6.07, 6.45) is 0. The van der Waals surface area contributed by atoms with Crippen molar-refractivity contribution in [2.24, 2.45) is 0 Å². The van der Waals surface area contributed by atoms with Gasteiger partial charge in [0.2, 0.25) is 0 Å². The monoisotopic (exact) mass is 372 g/mol. The van der Waals surface area contributed by atoms with E-state index >= 15 is 0 Å². The molecule has 0 aliphatic rings. The van der Waals surface area contributed by atoms with Crippen molar-refractivity contribution in [1.29, 1.82) is 0 Å². The van der Waals surface area contributed by atoms with E-state index in [9.17, 15) is 0 Å². The van der Waals surface area contributed by atoms with Crippen molar-refractivity contribution in [3.8, 4) is 44.8 Å². The predicted octanol–water partition coefficient (Wildman–Crippen LogP) is 7.08.